The van der Waals surface area contributed by atoms with E-state index >= 15 is 0 Å². The van der Waals surface area contributed by atoms with Crippen molar-refractivity contribution in [3.63, 3.8) is 0 Å². The number of hydrogen-bond acceptors (Lipinski definition) is 7. The minimum atomic E-state index is -0.225. The molecular weight excluding hydrogens is 398 g/mol. The predicted octanol–water partition coefficient (Wildman–Crippen LogP) is 2.55. The smallest absolute Gasteiger partial charge is 0.271 e. The molecule has 150 valence electrons. The Morgan fingerprint density at radius 2 is 2.07 bits per heavy atom. The lowest BCUT2D eigenvalue weighted by atomic mass is 10.2. The Labute approximate surface area is 177 Å². The van der Waals surface area contributed by atoms with Gasteiger partial charge >= 0.3 is 0 Å². The lowest BCUT2D eigenvalue weighted by molar-refractivity contribution is 0.0946. The van der Waals surface area contributed by atoms with Gasteiger partial charge in [0, 0.05) is 31.1 Å². The molecule has 0 radical (unpaired) electrons. The van der Waals surface area contributed by atoms with E-state index in [-0.39, 0.29) is 5.91 Å². The molecule has 3 heterocycles. The number of benzene rings is 1. The number of carbonyl (C=O) groups excluding carboxylic acids is 1. The van der Waals surface area contributed by atoms with Gasteiger partial charge in [0.05, 0.1) is 22.6 Å². The highest BCUT2D eigenvalue weighted by molar-refractivity contribution is 7.09. The van der Waals surface area contributed by atoms with Gasteiger partial charge in [0.2, 0.25) is 0 Å². The van der Waals surface area contributed by atoms with E-state index in [0.717, 1.165) is 40.4 Å². The highest BCUT2D eigenvalue weighted by Gasteiger charge is 2.11. The summed E-state index contributed by atoms with van der Waals surface area (Å²) in [6.07, 6.45) is 2.32. The highest BCUT2D eigenvalue weighted by atomic mass is 32.1. The highest BCUT2D eigenvalue weighted by Crippen LogP contribution is 2.12. The minimum absolute atomic E-state index is 0.225. The van der Waals surface area contributed by atoms with E-state index in [0.29, 0.717) is 24.5 Å². The lowest BCUT2D eigenvalue weighted by Crippen LogP contribution is -2.23. The largest absolute Gasteiger partial charge is 0.347 e. The lowest BCUT2D eigenvalue weighted by Gasteiger charge is -2.03. The van der Waals surface area contributed by atoms with Crippen LogP contribution in [0.5, 0.6) is 0 Å². The molecule has 3 N–H and O–H groups in total. The Morgan fingerprint density at radius 3 is 2.87 bits per heavy atom. The van der Waals surface area contributed by atoms with Crippen LogP contribution in [0.1, 0.15) is 32.6 Å². The van der Waals surface area contributed by atoms with Gasteiger partial charge in [-0.1, -0.05) is 18.2 Å². The second-order valence-electron chi connectivity index (χ2n) is 6.60. The van der Waals surface area contributed by atoms with Crippen molar-refractivity contribution in [1.82, 2.24) is 30.6 Å². The van der Waals surface area contributed by atoms with Crippen molar-refractivity contribution < 1.29 is 4.79 Å². The van der Waals surface area contributed by atoms with Gasteiger partial charge in [-0.05, 0) is 23.8 Å². The van der Waals surface area contributed by atoms with Crippen LogP contribution in [0, 0.1) is 11.3 Å². The second kappa shape index (κ2) is 9.26. The van der Waals surface area contributed by atoms with Gasteiger partial charge in [-0.3, -0.25) is 4.79 Å². The number of carbonyl (C=O) groups is 1. The van der Waals surface area contributed by atoms with E-state index < -0.39 is 0 Å². The first-order valence-electron chi connectivity index (χ1n) is 9.43. The second-order valence-corrected chi connectivity index (χ2v) is 7.54. The zero-order valence-electron chi connectivity index (χ0n) is 16.1. The number of pyridine rings is 1. The molecule has 30 heavy (non-hydrogen) atoms. The normalized spacial score (nSPS) is 10.8. The van der Waals surface area contributed by atoms with E-state index in [1.807, 2.05) is 30.3 Å². The molecule has 0 bridgehead atoms. The van der Waals surface area contributed by atoms with E-state index in [2.05, 4.69) is 30.6 Å². The maximum Gasteiger partial charge on any atom is 0.271 e. The van der Waals surface area contributed by atoms with Crippen molar-refractivity contribution in [3.8, 4) is 6.07 Å². The van der Waals surface area contributed by atoms with E-state index in [9.17, 15) is 4.79 Å². The summed E-state index contributed by atoms with van der Waals surface area (Å²) in [5.74, 6) is 0.671. The van der Waals surface area contributed by atoms with Crippen LogP contribution in [-0.2, 0) is 19.5 Å². The molecule has 0 saturated heterocycles. The fourth-order valence-electron chi connectivity index (χ4n) is 2.89. The van der Waals surface area contributed by atoms with Crippen LogP contribution >= 0.6 is 11.3 Å². The maximum atomic E-state index is 12.3. The summed E-state index contributed by atoms with van der Waals surface area (Å²) in [5.41, 5.74) is 3.58. The van der Waals surface area contributed by atoms with Crippen molar-refractivity contribution in [1.29, 1.82) is 5.26 Å². The Bertz CT molecular complexity index is 1160. The van der Waals surface area contributed by atoms with Crippen LogP contribution in [0.3, 0.4) is 0 Å². The first-order valence-corrected chi connectivity index (χ1v) is 10.3. The van der Waals surface area contributed by atoms with Crippen LogP contribution in [0.15, 0.2) is 48.0 Å². The summed E-state index contributed by atoms with van der Waals surface area (Å²) in [6, 6.07) is 13.3. The SMILES string of the molecule is N#Cc1ccc(CNC(=O)c2csc(CCNCc3nc4ccccc4[nH]3)n2)cn1. The maximum absolute atomic E-state index is 12.3. The van der Waals surface area contributed by atoms with Crippen LogP contribution in [0.4, 0.5) is 0 Å². The number of hydrogen-bond donors (Lipinski definition) is 3. The third-order valence-corrected chi connectivity index (χ3v) is 5.33. The number of rotatable bonds is 8. The Balaban J connectivity index is 1.22. The number of aromatic amines is 1. The number of aromatic nitrogens is 4. The van der Waals surface area contributed by atoms with E-state index in [1.165, 1.54) is 11.3 Å². The number of nitrogens with one attached hydrogen (secondary N) is 3. The average Bonchev–Trinajstić information content (AvgIpc) is 3.42. The summed E-state index contributed by atoms with van der Waals surface area (Å²) in [5, 5.41) is 17.6. The van der Waals surface area contributed by atoms with Gasteiger partial charge in [-0.2, -0.15) is 5.26 Å². The zero-order chi connectivity index (χ0) is 20.8. The van der Waals surface area contributed by atoms with Crippen LogP contribution in [-0.4, -0.2) is 32.4 Å². The standard InChI is InChI=1S/C21H19N7OS/c22-9-15-6-5-14(10-24-15)11-25-21(29)18-13-30-20(28-18)7-8-23-12-19-26-16-3-1-2-4-17(16)27-19/h1-6,10,13,23H,7-8,11-12H2,(H,25,29)(H,26,27). The van der Waals surface area contributed by atoms with Crippen LogP contribution in [0.25, 0.3) is 11.0 Å². The minimum Gasteiger partial charge on any atom is -0.347 e. The number of fused-ring (bicyclic) bond motifs is 1. The number of para-hydroxylation sites is 2. The number of amides is 1. The van der Waals surface area contributed by atoms with Crippen molar-refractivity contribution in [2.24, 2.45) is 0 Å². The van der Waals surface area contributed by atoms with Crippen molar-refractivity contribution in [3.05, 3.63) is 75.8 Å². The molecule has 4 aromatic rings. The first-order chi connectivity index (χ1) is 14.7. The molecule has 1 aromatic carbocycles. The summed E-state index contributed by atoms with van der Waals surface area (Å²) in [6.45, 7) is 1.72. The van der Waals surface area contributed by atoms with Crippen molar-refractivity contribution >= 4 is 28.3 Å². The summed E-state index contributed by atoms with van der Waals surface area (Å²) >= 11 is 1.47. The topological polar surface area (TPSA) is 119 Å². The number of nitrogens with zero attached hydrogens (tertiary/aromatic N) is 4. The van der Waals surface area contributed by atoms with Gasteiger partial charge in [0.15, 0.2) is 0 Å². The number of H-pyrrole nitrogens is 1. The third kappa shape index (κ3) is 4.86. The van der Waals surface area contributed by atoms with E-state index in [1.54, 1.807) is 23.7 Å². The molecule has 0 atom stereocenters. The Morgan fingerprint density at radius 1 is 1.17 bits per heavy atom. The van der Waals surface area contributed by atoms with Crippen molar-refractivity contribution in [2.75, 3.05) is 6.54 Å². The number of imidazole rings is 1. The molecule has 3 aromatic heterocycles. The molecule has 1 amide bonds. The first kappa shape index (κ1) is 19.7. The van der Waals surface area contributed by atoms with Gasteiger partial charge < -0.3 is 15.6 Å². The number of nitriles is 1. The molecule has 0 unspecified atom stereocenters. The molecule has 8 nitrogen and oxygen atoms in total. The molecule has 0 spiro atoms. The molecule has 4 rings (SSSR count). The number of thiazole rings is 1. The molecule has 0 fully saturated rings. The van der Waals surface area contributed by atoms with Crippen molar-refractivity contribution in [2.45, 2.75) is 19.5 Å². The van der Waals surface area contributed by atoms with E-state index in [4.69, 9.17) is 5.26 Å². The fraction of sp³-hybridized carbons (Fsp3) is 0.190. The third-order valence-electron chi connectivity index (χ3n) is 4.42. The summed E-state index contributed by atoms with van der Waals surface area (Å²) in [4.78, 5) is 28.5. The Kier molecular flexibility index (Phi) is 6.08. The monoisotopic (exact) mass is 417 g/mol. The average molecular weight is 417 g/mol. The quantitative estimate of drug-likeness (QED) is 0.379. The van der Waals surface area contributed by atoms with Gasteiger partial charge in [0.25, 0.3) is 5.91 Å². The zero-order valence-corrected chi connectivity index (χ0v) is 16.9. The molecule has 0 aliphatic rings. The molecule has 9 heteroatoms. The van der Waals surface area contributed by atoms with Gasteiger partial charge in [0.1, 0.15) is 23.3 Å². The van der Waals surface area contributed by atoms with Gasteiger partial charge in [-0.15, -0.1) is 11.3 Å². The van der Waals surface area contributed by atoms with Crippen LogP contribution < -0.4 is 10.6 Å². The van der Waals surface area contributed by atoms with Crippen LogP contribution in [0.2, 0.25) is 0 Å². The molecule has 0 aliphatic carbocycles. The predicted molar refractivity (Wildman–Crippen MR) is 114 cm³/mol. The molecule has 0 saturated carbocycles. The fourth-order valence-corrected chi connectivity index (χ4v) is 3.67. The summed E-state index contributed by atoms with van der Waals surface area (Å²) in [7, 11) is 0. The molecular formula is C21H19N7OS. The van der Waals surface area contributed by atoms with Gasteiger partial charge in [-0.25, -0.2) is 15.0 Å². The molecule has 0 aliphatic heterocycles. The summed E-state index contributed by atoms with van der Waals surface area (Å²) < 4.78 is 0. The Hall–Kier alpha value is -3.61.